The maximum Gasteiger partial charge on any atom is 0.290 e. The number of imide groups is 2. The van der Waals surface area contributed by atoms with E-state index in [0.717, 1.165) is 38.4 Å². The van der Waals surface area contributed by atoms with E-state index < -0.39 is 22.4 Å². The van der Waals surface area contributed by atoms with Crippen molar-refractivity contribution >= 4 is 40.4 Å². The lowest BCUT2D eigenvalue weighted by atomic mass is 10.1. The SMILES string of the molecule is Cc1ccc(N[C@@H]2SC(=O)N(CCN3C(=O)c4ccccc4C3=O)C2=O)c(C)c1. The van der Waals surface area contributed by atoms with Gasteiger partial charge in [0, 0.05) is 18.8 Å². The van der Waals surface area contributed by atoms with Gasteiger partial charge in [0.1, 0.15) is 0 Å². The molecule has 0 saturated carbocycles. The molecular formula is C21H19N3O4S. The minimum absolute atomic E-state index is 0.0266. The van der Waals surface area contributed by atoms with Gasteiger partial charge in [-0.05, 0) is 49.4 Å². The zero-order chi connectivity index (χ0) is 20.7. The number of amides is 4. The maximum atomic E-state index is 12.7. The van der Waals surface area contributed by atoms with Crippen molar-refractivity contribution in [3.05, 3.63) is 64.7 Å². The van der Waals surface area contributed by atoms with E-state index in [0.29, 0.717) is 11.1 Å². The van der Waals surface area contributed by atoms with Gasteiger partial charge in [-0.2, -0.15) is 0 Å². The first-order valence-electron chi connectivity index (χ1n) is 9.18. The Kier molecular flexibility index (Phi) is 4.87. The van der Waals surface area contributed by atoms with E-state index >= 15 is 0 Å². The first kappa shape index (κ1) is 19.2. The lowest BCUT2D eigenvalue weighted by molar-refractivity contribution is -0.126. The van der Waals surface area contributed by atoms with Crippen LogP contribution in [0.2, 0.25) is 0 Å². The Labute approximate surface area is 172 Å². The lowest BCUT2D eigenvalue weighted by Crippen LogP contribution is -2.41. The molecule has 4 rings (SSSR count). The van der Waals surface area contributed by atoms with Crippen LogP contribution in [-0.4, -0.2) is 51.2 Å². The number of carbonyl (C=O) groups is 4. The summed E-state index contributed by atoms with van der Waals surface area (Å²) < 4.78 is 0. The third-order valence-electron chi connectivity index (χ3n) is 5.02. The summed E-state index contributed by atoms with van der Waals surface area (Å²) in [5, 5.41) is 1.98. The molecule has 4 amide bonds. The number of rotatable bonds is 5. The summed E-state index contributed by atoms with van der Waals surface area (Å²) in [6.07, 6.45) is 0. The first-order chi connectivity index (χ1) is 13.9. The third-order valence-corrected chi connectivity index (χ3v) is 6.00. The number of fused-ring (bicyclic) bond motifs is 1. The van der Waals surface area contributed by atoms with E-state index in [4.69, 9.17) is 0 Å². The number of anilines is 1. The highest BCUT2D eigenvalue weighted by atomic mass is 32.2. The number of nitrogens with one attached hydrogen (secondary N) is 1. The molecule has 2 aromatic carbocycles. The Morgan fingerprint density at radius 1 is 0.897 bits per heavy atom. The molecule has 8 heteroatoms. The molecule has 2 aliphatic rings. The largest absolute Gasteiger partial charge is 0.365 e. The smallest absolute Gasteiger partial charge is 0.290 e. The van der Waals surface area contributed by atoms with Crippen molar-refractivity contribution in [2.75, 3.05) is 18.4 Å². The Balaban J connectivity index is 1.42. The van der Waals surface area contributed by atoms with Crippen LogP contribution in [-0.2, 0) is 4.79 Å². The highest BCUT2D eigenvalue weighted by Gasteiger charge is 2.41. The van der Waals surface area contributed by atoms with Gasteiger partial charge in [-0.25, -0.2) is 0 Å². The van der Waals surface area contributed by atoms with E-state index in [1.54, 1.807) is 24.3 Å². The lowest BCUT2D eigenvalue weighted by Gasteiger charge is -2.19. The quantitative estimate of drug-likeness (QED) is 0.764. The average Bonchev–Trinajstić information content (AvgIpc) is 3.10. The second kappa shape index (κ2) is 7.36. The number of aryl methyl sites for hydroxylation is 2. The third kappa shape index (κ3) is 3.40. The van der Waals surface area contributed by atoms with Gasteiger partial charge in [-0.15, -0.1) is 0 Å². The van der Waals surface area contributed by atoms with Gasteiger partial charge in [0.2, 0.25) is 0 Å². The predicted molar refractivity (Wildman–Crippen MR) is 110 cm³/mol. The molecule has 1 saturated heterocycles. The summed E-state index contributed by atoms with van der Waals surface area (Å²) in [5.74, 6) is -1.18. The van der Waals surface area contributed by atoms with Gasteiger partial charge in [-0.3, -0.25) is 29.0 Å². The van der Waals surface area contributed by atoms with E-state index in [2.05, 4.69) is 5.32 Å². The fourth-order valence-corrected chi connectivity index (χ4v) is 4.42. The monoisotopic (exact) mass is 409 g/mol. The van der Waals surface area contributed by atoms with Crippen LogP contribution in [0.1, 0.15) is 31.8 Å². The van der Waals surface area contributed by atoms with E-state index in [1.807, 2.05) is 32.0 Å². The molecule has 2 aromatic rings. The normalized spacial score (nSPS) is 18.6. The number of benzene rings is 2. The van der Waals surface area contributed by atoms with E-state index in [1.165, 1.54) is 0 Å². The van der Waals surface area contributed by atoms with Gasteiger partial charge < -0.3 is 5.32 Å². The zero-order valence-electron chi connectivity index (χ0n) is 16.0. The molecule has 148 valence electrons. The average molecular weight is 409 g/mol. The maximum absolute atomic E-state index is 12.7. The fraction of sp³-hybridized carbons (Fsp3) is 0.238. The molecule has 29 heavy (non-hydrogen) atoms. The molecule has 1 N–H and O–H groups in total. The van der Waals surface area contributed by atoms with Gasteiger partial charge in [0.15, 0.2) is 5.37 Å². The highest BCUT2D eigenvalue weighted by Crippen LogP contribution is 2.30. The van der Waals surface area contributed by atoms with E-state index in [9.17, 15) is 19.2 Å². The summed E-state index contributed by atoms with van der Waals surface area (Å²) in [5.41, 5.74) is 3.57. The van der Waals surface area contributed by atoms with Crippen molar-refractivity contribution < 1.29 is 19.2 Å². The number of hydrogen-bond donors (Lipinski definition) is 1. The summed E-state index contributed by atoms with van der Waals surface area (Å²) in [6, 6.07) is 12.4. The second-order valence-corrected chi connectivity index (χ2v) is 8.08. The Hall–Kier alpha value is -3.13. The van der Waals surface area contributed by atoms with Gasteiger partial charge in [0.05, 0.1) is 11.1 Å². The molecular weight excluding hydrogens is 390 g/mol. The van der Waals surface area contributed by atoms with Crippen molar-refractivity contribution in [1.82, 2.24) is 9.80 Å². The van der Waals surface area contributed by atoms with Crippen LogP contribution in [0.5, 0.6) is 0 Å². The molecule has 2 aliphatic heterocycles. The number of thioether (sulfide) groups is 1. The fourth-order valence-electron chi connectivity index (χ4n) is 3.50. The molecule has 0 aromatic heterocycles. The molecule has 1 fully saturated rings. The van der Waals surface area contributed by atoms with E-state index in [-0.39, 0.29) is 19.0 Å². The van der Waals surface area contributed by atoms with Crippen molar-refractivity contribution in [3.8, 4) is 0 Å². The predicted octanol–water partition coefficient (Wildman–Crippen LogP) is 3.03. The van der Waals surface area contributed by atoms with Crippen LogP contribution in [0.25, 0.3) is 0 Å². The minimum atomic E-state index is -0.730. The standard InChI is InChI=1S/C21H19N3O4S/c1-12-7-8-16(13(2)11-12)22-17-20(27)24(21(28)29-17)10-9-23-18(25)14-5-3-4-6-15(14)19(23)26/h3-8,11,17,22H,9-10H2,1-2H3/t17-/m1/s1. The molecule has 0 unspecified atom stereocenters. The molecule has 0 aliphatic carbocycles. The van der Waals surface area contributed by atoms with Crippen LogP contribution in [0.4, 0.5) is 10.5 Å². The summed E-state index contributed by atoms with van der Waals surface area (Å²) in [6.45, 7) is 3.86. The number of carbonyl (C=O) groups excluding carboxylic acids is 4. The Morgan fingerprint density at radius 3 is 2.14 bits per heavy atom. The highest BCUT2D eigenvalue weighted by molar-refractivity contribution is 8.15. The second-order valence-electron chi connectivity index (χ2n) is 7.02. The minimum Gasteiger partial charge on any atom is -0.365 e. The van der Waals surface area contributed by atoms with Gasteiger partial charge in [0.25, 0.3) is 23.0 Å². The topological polar surface area (TPSA) is 86.8 Å². The van der Waals surface area contributed by atoms with Crippen LogP contribution in [0, 0.1) is 13.8 Å². The molecule has 0 radical (unpaired) electrons. The van der Waals surface area contributed by atoms with Crippen molar-refractivity contribution in [2.45, 2.75) is 19.2 Å². The molecule has 7 nitrogen and oxygen atoms in total. The van der Waals surface area contributed by atoms with Gasteiger partial charge in [-0.1, -0.05) is 29.8 Å². The Morgan fingerprint density at radius 2 is 1.52 bits per heavy atom. The van der Waals surface area contributed by atoms with Crippen molar-refractivity contribution in [2.24, 2.45) is 0 Å². The van der Waals surface area contributed by atoms with Gasteiger partial charge >= 0.3 is 0 Å². The number of nitrogens with zero attached hydrogens (tertiary/aromatic N) is 2. The van der Waals surface area contributed by atoms with Crippen molar-refractivity contribution in [3.63, 3.8) is 0 Å². The Bertz CT molecular complexity index is 1020. The summed E-state index contributed by atoms with van der Waals surface area (Å²) >= 11 is 0.899. The number of hydrogen-bond acceptors (Lipinski definition) is 6. The zero-order valence-corrected chi connectivity index (χ0v) is 16.8. The van der Waals surface area contributed by atoms with Crippen LogP contribution >= 0.6 is 11.8 Å². The first-order valence-corrected chi connectivity index (χ1v) is 10.1. The summed E-state index contributed by atoms with van der Waals surface area (Å²) in [4.78, 5) is 52.1. The van der Waals surface area contributed by atoms with Crippen LogP contribution < -0.4 is 5.32 Å². The van der Waals surface area contributed by atoms with Crippen LogP contribution in [0.3, 0.4) is 0 Å². The molecule has 0 spiro atoms. The molecule has 1 atom stereocenters. The summed E-state index contributed by atoms with van der Waals surface area (Å²) in [7, 11) is 0. The van der Waals surface area contributed by atoms with Crippen molar-refractivity contribution in [1.29, 1.82) is 0 Å². The van der Waals surface area contributed by atoms with Crippen LogP contribution in [0.15, 0.2) is 42.5 Å². The molecule has 0 bridgehead atoms. The molecule has 2 heterocycles.